The first-order valence-electron chi connectivity index (χ1n) is 5.03. The van der Waals surface area contributed by atoms with Gasteiger partial charge in [-0.3, -0.25) is 0 Å². The number of ether oxygens (including phenoxy) is 1. The molecule has 0 aromatic heterocycles. The maximum Gasteiger partial charge on any atom is 0.200 e. The standard InChI is InChI=1S/C11H16O4/c1-2-3-4-5-15-10-7-8(12)6-9(13)11(10)14/h6-7,12-14H,2-5H2,1H3. The number of hydrogen-bond acceptors (Lipinski definition) is 4. The van der Waals surface area contributed by atoms with Crippen molar-refractivity contribution < 1.29 is 20.1 Å². The second-order valence-corrected chi connectivity index (χ2v) is 3.37. The van der Waals surface area contributed by atoms with E-state index in [2.05, 4.69) is 6.92 Å². The molecule has 1 aromatic carbocycles. The molecular weight excluding hydrogens is 196 g/mol. The van der Waals surface area contributed by atoms with E-state index < -0.39 is 0 Å². The van der Waals surface area contributed by atoms with Crippen molar-refractivity contribution in [2.24, 2.45) is 0 Å². The Hall–Kier alpha value is -1.58. The predicted molar refractivity (Wildman–Crippen MR) is 56.5 cm³/mol. The lowest BCUT2D eigenvalue weighted by Gasteiger charge is -2.09. The number of hydrogen-bond donors (Lipinski definition) is 3. The number of aromatic hydroxyl groups is 3. The molecule has 0 heterocycles. The van der Waals surface area contributed by atoms with Gasteiger partial charge < -0.3 is 20.1 Å². The summed E-state index contributed by atoms with van der Waals surface area (Å²) in [5.41, 5.74) is 0. The van der Waals surface area contributed by atoms with Gasteiger partial charge in [0.25, 0.3) is 0 Å². The maximum absolute atomic E-state index is 9.39. The Balaban J connectivity index is 2.60. The highest BCUT2D eigenvalue weighted by Crippen LogP contribution is 2.38. The molecule has 0 aliphatic rings. The van der Waals surface area contributed by atoms with Crippen LogP contribution in [-0.4, -0.2) is 21.9 Å². The summed E-state index contributed by atoms with van der Waals surface area (Å²) < 4.78 is 5.23. The summed E-state index contributed by atoms with van der Waals surface area (Å²) in [5.74, 6) is -0.718. The van der Waals surface area contributed by atoms with Crippen LogP contribution < -0.4 is 4.74 Å². The summed E-state index contributed by atoms with van der Waals surface area (Å²) in [6, 6.07) is 2.34. The Morgan fingerprint density at radius 3 is 2.53 bits per heavy atom. The first-order chi connectivity index (χ1) is 7.15. The van der Waals surface area contributed by atoms with Crippen molar-refractivity contribution in [3.8, 4) is 23.0 Å². The van der Waals surface area contributed by atoms with E-state index in [-0.39, 0.29) is 23.0 Å². The highest BCUT2D eigenvalue weighted by atomic mass is 16.5. The van der Waals surface area contributed by atoms with Crippen LogP contribution in [-0.2, 0) is 0 Å². The molecule has 15 heavy (non-hydrogen) atoms. The van der Waals surface area contributed by atoms with E-state index in [4.69, 9.17) is 9.84 Å². The third-order valence-corrected chi connectivity index (χ3v) is 2.05. The molecule has 0 radical (unpaired) electrons. The zero-order chi connectivity index (χ0) is 11.3. The fourth-order valence-electron chi connectivity index (χ4n) is 1.22. The molecule has 1 rings (SSSR count). The van der Waals surface area contributed by atoms with E-state index in [0.717, 1.165) is 25.3 Å². The molecule has 0 saturated carbocycles. The van der Waals surface area contributed by atoms with Crippen LogP contribution in [0.15, 0.2) is 12.1 Å². The van der Waals surface area contributed by atoms with Crippen molar-refractivity contribution in [1.29, 1.82) is 0 Å². The normalized spacial score (nSPS) is 10.2. The van der Waals surface area contributed by atoms with Crippen molar-refractivity contribution >= 4 is 0 Å². The number of rotatable bonds is 5. The van der Waals surface area contributed by atoms with Crippen molar-refractivity contribution in [3.05, 3.63) is 12.1 Å². The summed E-state index contributed by atoms with van der Waals surface area (Å²) in [7, 11) is 0. The average molecular weight is 212 g/mol. The SMILES string of the molecule is CCCCCOc1cc(O)cc(O)c1O. The van der Waals surface area contributed by atoms with E-state index in [0.29, 0.717) is 6.61 Å². The molecule has 0 aliphatic heterocycles. The lowest BCUT2D eigenvalue weighted by Crippen LogP contribution is -1.97. The third kappa shape index (κ3) is 3.23. The van der Waals surface area contributed by atoms with Crippen LogP contribution in [0.5, 0.6) is 23.0 Å². The van der Waals surface area contributed by atoms with Crippen LogP contribution >= 0.6 is 0 Å². The first-order valence-corrected chi connectivity index (χ1v) is 5.03. The molecule has 4 nitrogen and oxygen atoms in total. The van der Waals surface area contributed by atoms with Gasteiger partial charge in [-0.15, -0.1) is 0 Å². The lowest BCUT2D eigenvalue weighted by atomic mass is 10.2. The van der Waals surface area contributed by atoms with Gasteiger partial charge in [0.2, 0.25) is 5.75 Å². The van der Waals surface area contributed by atoms with Gasteiger partial charge in [0.05, 0.1) is 6.61 Å². The van der Waals surface area contributed by atoms with Gasteiger partial charge >= 0.3 is 0 Å². The van der Waals surface area contributed by atoms with E-state index in [1.807, 2.05) is 0 Å². The minimum Gasteiger partial charge on any atom is -0.508 e. The first kappa shape index (κ1) is 11.5. The minimum absolute atomic E-state index is 0.114. The van der Waals surface area contributed by atoms with Crippen LogP contribution in [0.3, 0.4) is 0 Å². The molecule has 0 aliphatic carbocycles. The van der Waals surface area contributed by atoms with Gasteiger partial charge in [0.1, 0.15) is 5.75 Å². The summed E-state index contributed by atoms with van der Waals surface area (Å²) in [6.45, 7) is 2.54. The van der Waals surface area contributed by atoms with E-state index in [9.17, 15) is 10.2 Å². The number of phenols is 3. The molecule has 0 saturated heterocycles. The van der Waals surface area contributed by atoms with Crippen LogP contribution in [0.2, 0.25) is 0 Å². The number of phenolic OH excluding ortho intramolecular Hbond substituents is 3. The summed E-state index contributed by atoms with van der Waals surface area (Å²) in [6.07, 6.45) is 3.01. The Bertz CT molecular complexity index is 323. The van der Waals surface area contributed by atoms with Crippen molar-refractivity contribution in [3.63, 3.8) is 0 Å². The van der Waals surface area contributed by atoms with Gasteiger partial charge in [-0.1, -0.05) is 19.8 Å². The highest BCUT2D eigenvalue weighted by molar-refractivity contribution is 5.53. The number of benzene rings is 1. The van der Waals surface area contributed by atoms with Crippen LogP contribution in [0, 0.1) is 0 Å². The largest absolute Gasteiger partial charge is 0.508 e. The minimum atomic E-state index is -0.375. The predicted octanol–water partition coefficient (Wildman–Crippen LogP) is 2.37. The maximum atomic E-state index is 9.39. The fraction of sp³-hybridized carbons (Fsp3) is 0.455. The quantitative estimate of drug-likeness (QED) is 0.398. The summed E-state index contributed by atoms with van der Waals surface area (Å²) in [5, 5.41) is 27.8. The molecule has 0 atom stereocenters. The summed E-state index contributed by atoms with van der Waals surface area (Å²) in [4.78, 5) is 0. The Morgan fingerprint density at radius 2 is 1.87 bits per heavy atom. The molecule has 4 heteroatoms. The third-order valence-electron chi connectivity index (χ3n) is 2.05. The second kappa shape index (κ2) is 5.34. The Kier molecular flexibility index (Phi) is 4.09. The van der Waals surface area contributed by atoms with E-state index in [1.165, 1.54) is 6.07 Å². The summed E-state index contributed by atoms with van der Waals surface area (Å²) >= 11 is 0. The topological polar surface area (TPSA) is 69.9 Å². The monoisotopic (exact) mass is 212 g/mol. The molecule has 3 N–H and O–H groups in total. The van der Waals surface area contributed by atoms with Crippen molar-refractivity contribution in [2.75, 3.05) is 6.61 Å². The zero-order valence-electron chi connectivity index (χ0n) is 8.73. The van der Waals surface area contributed by atoms with Gasteiger partial charge in [0.15, 0.2) is 11.5 Å². The highest BCUT2D eigenvalue weighted by Gasteiger charge is 2.09. The molecule has 0 amide bonds. The molecule has 0 bridgehead atoms. The smallest absolute Gasteiger partial charge is 0.200 e. The van der Waals surface area contributed by atoms with Crippen molar-refractivity contribution in [1.82, 2.24) is 0 Å². The van der Waals surface area contributed by atoms with Crippen LogP contribution in [0.4, 0.5) is 0 Å². The number of unbranched alkanes of at least 4 members (excludes halogenated alkanes) is 2. The van der Waals surface area contributed by atoms with E-state index >= 15 is 0 Å². The van der Waals surface area contributed by atoms with Crippen LogP contribution in [0.25, 0.3) is 0 Å². The van der Waals surface area contributed by atoms with Gasteiger partial charge in [0, 0.05) is 12.1 Å². The molecular formula is C11H16O4. The molecule has 84 valence electrons. The molecule has 0 unspecified atom stereocenters. The van der Waals surface area contributed by atoms with Crippen molar-refractivity contribution in [2.45, 2.75) is 26.2 Å². The van der Waals surface area contributed by atoms with Gasteiger partial charge in [-0.25, -0.2) is 0 Å². The van der Waals surface area contributed by atoms with Gasteiger partial charge in [-0.2, -0.15) is 0 Å². The Morgan fingerprint density at radius 1 is 1.13 bits per heavy atom. The molecule has 1 aromatic rings. The van der Waals surface area contributed by atoms with E-state index in [1.54, 1.807) is 0 Å². The van der Waals surface area contributed by atoms with Crippen LogP contribution in [0.1, 0.15) is 26.2 Å². The lowest BCUT2D eigenvalue weighted by molar-refractivity contribution is 0.282. The van der Waals surface area contributed by atoms with Gasteiger partial charge in [-0.05, 0) is 6.42 Å². The second-order valence-electron chi connectivity index (χ2n) is 3.37. The molecule has 0 fully saturated rings. The fourth-order valence-corrected chi connectivity index (χ4v) is 1.22. The zero-order valence-corrected chi connectivity index (χ0v) is 8.73. The molecule has 0 spiro atoms. The Labute approximate surface area is 88.8 Å². The average Bonchev–Trinajstić information content (AvgIpc) is 2.19.